The minimum atomic E-state index is -1.05. The van der Waals surface area contributed by atoms with Crippen LogP contribution in [0.3, 0.4) is 0 Å². The number of urea groups is 1. The Balaban J connectivity index is 1.76. The van der Waals surface area contributed by atoms with Crippen LogP contribution in [0.5, 0.6) is 0 Å². The number of carboxylic acid groups (broad SMARTS) is 1. The van der Waals surface area contributed by atoms with Crippen molar-refractivity contribution in [1.82, 2.24) is 10.6 Å². The summed E-state index contributed by atoms with van der Waals surface area (Å²) in [4.78, 5) is 21.5. The highest BCUT2D eigenvalue weighted by Crippen LogP contribution is 2.40. The Morgan fingerprint density at radius 1 is 1.29 bits per heavy atom. The van der Waals surface area contributed by atoms with Gasteiger partial charge in [-0.15, -0.1) is 0 Å². The summed E-state index contributed by atoms with van der Waals surface area (Å²) in [5.41, 5.74) is 1.20. The maximum absolute atomic E-state index is 11.3. The minimum Gasteiger partial charge on any atom is -0.480 e. The van der Waals surface area contributed by atoms with Crippen LogP contribution in [0.2, 0.25) is 0 Å². The minimum absolute atomic E-state index is 0.117. The van der Waals surface area contributed by atoms with Crippen molar-refractivity contribution in [1.29, 1.82) is 0 Å². The van der Waals surface area contributed by atoms with Crippen molar-refractivity contribution in [3.63, 3.8) is 0 Å². The lowest BCUT2D eigenvalue weighted by Crippen LogP contribution is -2.39. The molecular weight excluding hydrogens is 220 g/mol. The molecule has 0 spiro atoms. The fourth-order valence-corrected chi connectivity index (χ4v) is 1.80. The Hall–Kier alpha value is -2.04. The molecule has 0 bridgehead atoms. The van der Waals surface area contributed by atoms with Crippen LogP contribution in [0, 0.1) is 0 Å². The van der Waals surface area contributed by atoms with E-state index in [-0.39, 0.29) is 12.6 Å². The number of hydrogen-bond acceptors (Lipinski definition) is 2. The highest BCUT2D eigenvalue weighted by molar-refractivity contribution is 5.80. The van der Waals surface area contributed by atoms with Gasteiger partial charge in [-0.1, -0.05) is 30.3 Å². The number of carbonyl (C=O) groups is 2. The zero-order valence-corrected chi connectivity index (χ0v) is 9.22. The van der Waals surface area contributed by atoms with Gasteiger partial charge in [-0.2, -0.15) is 0 Å². The second-order valence-corrected chi connectivity index (χ2v) is 4.08. The molecule has 1 fully saturated rings. The molecule has 1 aliphatic rings. The number of nitrogens with one attached hydrogen (secondary N) is 2. The average molecular weight is 234 g/mol. The van der Waals surface area contributed by atoms with Crippen LogP contribution in [-0.2, 0) is 4.79 Å². The van der Waals surface area contributed by atoms with Crippen LogP contribution in [0.25, 0.3) is 0 Å². The molecule has 90 valence electrons. The third kappa shape index (κ3) is 3.21. The van der Waals surface area contributed by atoms with E-state index in [1.54, 1.807) is 0 Å². The standard InChI is InChI=1S/C12H14N2O3/c15-11(16)7-13-12(17)14-10-6-9(10)8-4-2-1-3-5-8/h1-5,9-10H,6-7H2,(H,15,16)(H2,13,14,17). The van der Waals surface area contributed by atoms with E-state index < -0.39 is 12.0 Å². The summed E-state index contributed by atoms with van der Waals surface area (Å²) < 4.78 is 0. The number of benzene rings is 1. The van der Waals surface area contributed by atoms with Crippen LogP contribution in [-0.4, -0.2) is 29.7 Å². The first-order valence-corrected chi connectivity index (χ1v) is 5.48. The van der Waals surface area contributed by atoms with Crippen molar-refractivity contribution in [3.8, 4) is 0 Å². The SMILES string of the molecule is O=C(O)CNC(=O)NC1CC1c1ccccc1. The van der Waals surface area contributed by atoms with Crippen molar-refractivity contribution in [2.45, 2.75) is 18.4 Å². The smallest absolute Gasteiger partial charge is 0.323 e. The molecular formula is C12H14N2O3. The topological polar surface area (TPSA) is 78.4 Å². The monoisotopic (exact) mass is 234 g/mol. The fourth-order valence-electron chi connectivity index (χ4n) is 1.80. The molecule has 5 heteroatoms. The molecule has 0 radical (unpaired) electrons. The van der Waals surface area contributed by atoms with Gasteiger partial charge in [0.2, 0.25) is 0 Å². The van der Waals surface area contributed by atoms with Gasteiger partial charge in [0.1, 0.15) is 6.54 Å². The van der Waals surface area contributed by atoms with E-state index in [4.69, 9.17) is 5.11 Å². The molecule has 1 aliphatic carbocycles. The summed E-state index contributed by atoms with van der Waals surface area (Å²) in [6.45, 7) is -0.353. The van der Waals surface area contributed by atoms with Crippen LogP contribution in [0.4, 0.5) is 4.79 Å². The van der Waals surface area contributed by atoms with Crippen molar-refractivity contribution in [2.24, 2.45) is 0 Å². The summed E-state index contributed by atoms with van der Waals surface area (Å²) in [5, 5.41) is 13.4. The van der Waals surface area contributed by atoms with E-state index in [1.807, 2.05) is 30.3 Å². The molecule has 2 unspecified atom stereocenters. The molecule has 0 aliphatic heterocycles. The number of hydrogen-bond donors (Lipinski definition) is 3. The summed E-state index contributed by atoms with van der Waals surface area (Å²) in [7, 11) is 0. The van der Waals surface area contributed by atoms with Crippen molar-refractivity contribution in [3.05, 3.63) is 35.9 Å². The van der Waals surface area contributed by atoms with E-state index in [2.05, 4.69) is 10.6 Å². The highest BCUT2D eigenvalue weighted by Gasteiger charge is 2.39. The summed E-state index contributed by atoms with van der Waals surface area (Å²) in [5.74, 6) is -0.692. The van der Waals surface area contributed by atoms with Gasteiger partial charge >= 0.3 is 12.0 Å². The number of amides is 2. The second kappa shape index (κ2) is 4.86. The van der Waals surface area contributed by atoms with Gasteiger partial charge in [0.05, 0.1) is 0 Å². The van der Waals surface area contributed by atoms with Crippen LogP contribution in [0.15, 0.2) is 30.3 Å². The molecule has 2 amide bonds. The third-order valence-electron chi connectivity index (χ3n) is 2.73. The first-order chi connectivity index (χ1) is 8.16. The maximum Gasteiger partial charge on any atom is 0.323 e. The highest BCUT2D eigenvalue weighted by atomic mass is 16.4. The van der Waals surface area contributed by atoms with Crippen molar-refractivity contribution >= 4 is 12.0 Å². The number of carbonyl (C=O) groups excluding carboxylic acids is 1. The Labute approximate surface area is 98.8 Å². The van der Waals surface area contributed by atoms with E-state index in [1.165, 1.54) is 5.56 Å². The lowest BCUT2D eigenvalue weighted by Gasteiger charge is -2.05. The molecule has 3 N–H and O–H groups in total. The van der Waals surface area contributed by atoms with Gasteiger partial charge in [-0.05, 0) is 12.0 Å². The Morgan fingerprint density at radius 3 is 2.65 bits per heavy atom. The van der Waals surface area contributed by atoms with Gasteiger partial charge in [0, 0.05) is 12.0 Å². The van der Waals surface area contributed by atoms with Crippen molar-refractivity contribution < 1.29 is 14.7 Å². The predicted molar refractivity (Wildman–Crippen MR) is 61.8 cm³/mol. The zero-order valence-electron chi connectivity index (χ0n) is 9.22. The summed E-state index contributed by atoms with van der Waals surface area (Å²) in [6.07, 6.45) is 0.907. The van der Waals surface area contributed by atoms with E-state index in [9.17, 15) is 9.59 Å². The van der Waals surface area contributed by atoms with Gasteiger partial charge < -0.3 is 15.7 Å². The Bertz CT molecular complexity index is 419. The number of aliphatic carboxylic acids is 1. The second-order valence-electron chi connectivity index (χ2n) is 4.08. The third-order valence-corrected chi connectivity index (χ3v) is 2.73. The van der Waals surface area contributed by atoms with Gasteiger partial charge in [0.25, 0.3) is 0 Å². The van der Waals surface area contributed by atoms with Gasteiger partial charge in [0.15, 0.2) is 0 Å². The molecule has 2 atom stereocenters. The molecule has 2 rings (SSSR count). The fraction of sp³-hybridized carbons (Fsp3) is 0.333. The molecule has 17 heavy (non-hydrogen) atoms. The summed E-state index contributed by atoms with van der Waals surface area (Å²) in [6, 6.07) is 9.64. The van der Waals surface area contributed by atoms with Crippen molar-refractivity contribution in [2.75, 3.05) is 6.54 Å². The molecule has 0 heterocycles. The van der Waals surface area contributed by atoms with Gasteiger partial charge in [-0.25, -0.2) is 4.79 Å². The molecule has 1 saturated carbocycles. The van der Waals surface area contributed by atoms with Crippen LogP contribution in [0.1, 0.15) is 17.9 Å². The maximum atomic E-state index is 11.3. The normalized spacial score (nSPS) is 21.6. The lowest BCUT2D eigenvalue weighted by molar-refractivity contribution is -0.135. The van der Waals surface area contributed by atoms with E-state index >= 15 is 0 Å². The quantitative estimate of drug-likeness (QED) is 0.725. The molecule has 0 aromatic heterocycles. The molecule has 5 nitrogen and oxygen atoms in total. The predicted octanol–water partition coefficient (Wildman–Crippen LogP) is 0.926. The lowest BCUT2D eigenvalue weighted by atomic mass is 10.1. The first-order valence-electron chi connectivity index (χ1n) is 5.48. The van der Waals surface area contributed by atoms with E-state index in [0.29, 0.717) is 5.92 Å². The first kappa shape index (κ1) is 11.4. The number of carboxylic acids is 1. The Morgan fingerprint density at radius 2 is 2.00 bits per heavy atom. The average Bonchev–Trinajstić information content (AvgIpc) is 3.07. The molecule has 0 saturated heterocycles. The largest absolute Gasteiger partial charge is 0.480 e. The van der Waals surface area contributed by atoms with E-state index in [0.717, 1.165) is 6.42 Å². The number of rotatable bonds is 4. The Kier molecular flexibility index (Phi) is 3.27. The van der Waals surface area contributed by atoms with Crippen LogP contribution >= 0.6 is 0 Å². The molecule has 1 aromatic rings. The van der Waals surface area contributed by atoms with Gasteiger partial charge in [-0.3, -0.25) is 4.79 Å². The summed E-state index contributed by atoms with van der Waals surface area (Å²) >= 11 is 0. The molecule has 1 aromatic carbocycles. The van der Waals surface area contributed by atoms with Crippen LogP contribution < -0.4 is 10.6 Å². The zero-order chi connectivity index (χ0) is 12.3.